The highest BCUT2D eigenvalue weighted by atomic mass is 31.2. The number of rotatable bonds is 83. The second-order valence-corrected chi connectivity index (χ2v) is 32.4. The van der Waals surface area contributed by atoms with Crippen LogP contribution in [0.1, 0.15) is 445 Å². The van der Waals surface area contributed by atoms with Gasteiger partial charge >= 0.3 is 39.5 Å². The normalized spacial score (nSPS) is 13.8. The first-order valence-corrected chi connectivity index (χ1v) is 45.8. The number of ether oxygens (including phenoxy) is 4. The van der Waals surface area contributed by atoms with Gasteiger partial charge in [-0.25, -0.2) is 9.13 Å². The smallest absolute Gasteiger partial charge is 0.462 e. The summed E-state index contributed by atoms with van der Waals surface area (Å²) in [5, 5.41) is 10.7. The van der Waals surface area contributed by atoms with E-state index in [0.717, 1.165) is 89.9 Å². The van der Waals surface area contributed by atoms with Gasteiger partial charge in [-0.1, -0.05) is 394 Å². The van der Waals surface area contributed by atoms with Crippen molar-refractivity contribution < 1.29 is 80.2 Å². The van der Waals surface area contributed by atoms with E-state index in [1.54, 1.807) is 0 Å². The molecule has 600 valence electrons. The Balaban J connectivity index is 5.22. The number of carbonyl (C=O) groups is 4. The molecule has 0 fully saturated rings. The van der Waals surface area contributed by atoms with Gasteiger partial charge in [0.1, 0.15) is 19.3 Å². The molecule has 0 aliphatic heterocycles. The molecule has 0 bridgehead atoms. The maximum Gasteiger partial charge on any atom is 0.472 e. The van der Waals surface area contributed by atoms with Gasteiger partial charge in [0, 0.05) is 25.7 Å². The average Bonchev–Trinajstić information content (AvgIpc) is 0.936. The number of esters is 4. The van der Waals surface area contributed by atoms with Gasteiger partial charge in [-0.05, 0) is 25.7 Å². The summed E-state index contributed by atoms with van der Waals surface area (Å²) < 4.78 is 68.8. The maximum atomic E-state index is 13.1. The van der Waals surface area contributed by atoms with Crippen LogP contribution in [0.4, 0.5) is 0 Å². The number of unbranched alkanes of at least 4 members (excludes halogenated alkanes) is 57. The summed E-state index contributed by atoms with van der Waals surface area (Å²) >= 11 is 0. The van der Waals surface area contributed by atoms with E-state index in [9.17, 15) is 43.2 Å². The Labute approximate surface area is 619 Å². The first-order valence-electron chi connectivity index (χ1n) is 42.8. The number of phosphoric acid groups is 2. The molecule has 19 heteroatoms. The highest BCUT2D eigenvalue weighted by Crippen LogP contribution is 2.45. The molecule has 5 atom stereocenters. The number of aliphatic hydroxyl groups is 1. The second kappa shape index (κ2) is 76.3. The van der Waals surface area contributed by atoms with E-state index in [4.69, 9.17) is 37.0 Å². The molecule has 2 unspecified atom stereocenters. The Bertz CT molecular complexity index is 1910. The van der Waals surface area contributed by atoms with E-state index >= 15 is 0 Å². The number of hydrogen-bond acceptors (Lipinski definition) is 15. The number of hydrogen-bond donors (Lipinski definition) is 3. The second-order valence-electron chi connectivity index (χ2n) is 29.5. The van der Waals surface area contributed by atoms with E-state index in [2.05, 4.69) is 27.7 Å². The molecule has 0 aromatic carbocycles. The molecule has 0 aliphatic rings. The lowest BCUT2D eigenvalue weighted by atomic mass is 10.0. The van der Waals surface area contributed by atoms with Crippen LogP contribution in [-0.2, 0) is 65.4 Å². The topological polar surface area (TPSA) is 237 Å². The summed E-state index contributed by atoms with van der Waals surface area (Å²) in [4.78, 5) is 73.1. The summed E-state index contributed by atoms with van der Waals surface area (Å²) in [6, 6.07) is 0. The van der Waals surface area contributed by atoms with Crippen molar-refractivity contribution in [3.05, 3.63) is 0 Å². The molecule has 0 heterocycles. The largest absolute Gasteiger partial charge is 0.472 e. The zero-order valence-electron chi connectivity index (χ0n) is 65.9. The van der Waals surface area contributed by atoms with Crippen molar-refractivity contribution in [1.82, 2.24) is 0 Å². The highest BCUT2D eigenvalue weighted by molar-refractivity contribution is 7.47. The van der Waals surface area contributed by atoms with Crippen molar-refractivity contribution >= 4 is 39.5 Å². The molecule has 101 heavy (non-hydrogen) atoms. The van der Waals surface area contributed by atoms with Gasteiger partial charge in [-0.3, -0.25) is 37.3 Å². The van der Waals surface area contributed by atoms with Crippen molar-refractivity contribution in [2.75, 3.05) is 39.6 Å². The van der Waals surface area contributed by atoms with Crippen LogP contribution in [0, 0.1) is 0 Å². The predicted octanol–water partition coefficient (Wildman–Crippen LogP) is 25.0. The summed E-state index contributed by atoms with van der Waals surface area (Å²) in [5.74, 6) is -2.10. The fourth-order valence-corrected chi connectivity index (χ4v) is 14.4. The van der Waals surface area contributed by atoms with Crippen molar-refractivity contribution in [1.29, 1.82) is 0 Å². The van der Waals surface area contributed by atoms with Gasteiger partial charge in [-0.2, -0.15) is 0 Å². The number of phosphoric ester groups is 2. The molecule has 0 aliphatic carbocycles. The lowest BCUT2D eigenvalue weighted by Gasteiger charge is -2.21. The SMILES string of the molecule is CCCCCCCCCCCCCCCCCCCCCCCC(=O)O[C@H](COC(=O)CCCCCCCCCCCCCCCC)COP(=O)(O)OC[C@@H](O)COP(=O)(O)OC[C@@H](COC(=O)CCCCCCCCCCCCCC)OC(=O)CCCCCCCCCCCCCCCC. The van der Waals surface area contributed by atoms with Gasteiger partial charge in [0.25, 0.3) is 0 Å². The molecule has 0 amide bonds. The number of carbonyl (C=O) groups excluding carboxylic acids is 4. The van der Waals surface area contributed by atoms with Crippen LogP contribution < -0.4 is 0 Å². The third-order valence-corrected chi connectivity index (χ3v) is 21.3. The van der Waals surface area contributed by atoms with Crippen LogP contribution in [0.15, 0.2) is 0 Å². The van der Waals surface area contributed by atoms with Crippen molar-refractivity contribution in [2.45, 2.75) is 463 Å². The number of aliphatic hydroxyl groups excluding tert-OH is 1. The summed E-state index contributed by atoms with van der Waals surface area (Å²) in [6.45, 7) is 5.04. The summed E-state index contributed by atoms with van der Waals surface area (Å²) in [6.07, 6.45) is 69.3. The highest BCUT2D eigenvalue weighted by Gasteiger charge is 2.30. The fourth-order valence-electron chi connectivity index (χ4n) is 12.8. The molecule has 0 aromatic heterocycles. The summed E-state index contributed by atoms with van der Waals surface area (Å²) in [5.41, 5.74) is 0. The third kappa shape index (κ3) is 76.1. The van der Waals surface area contributed by atoms with Gasteiger partial charge in [0.2, 0.25) is 0 Å². The first-order chi connectivity index (χ1) is 49.2. The fraction of sp³-hybridized carbons (Fsp3) is 0.951. The Morgan fingerprint density at radius 2 is 0.396 bits per heavy atom. The van der Waals surface area contributed by atoms with E-state index in [1.165, 1.54) is 276 Å². The first kappa shape index (κ1) is 99.1. The zero-order valence-corrected chi connectivity index (χ0v) is 67.7. The van der Waals surface area contributed by atoms with E-state index in [-0.39, 0.29) is 25.7 Å². The van der Waals surface area contributed by atoms with E-state index < -0.39 is 97.5 Å². The monoisotopic (exact) mass is 1480 g/mol. The van der Waals surface area contributed by atoms with Crippen LogP contribution >= 0.6 is 15.6 Å². The molecular formula is C82H160O17P2. The van der Waals surface area contributed by atoms with Crippen molar-refractivity contribution in [3.63, 3.8) is 0 Å². The van der Waals surface area contributed by atoms with Gasteiger partial charge in [0.15, 0.2) is 12.2 Å². The molecular weight excluding hydrogens is 1320 g/mol. The molecule has 17 nitrogen and oxygen atoms in total. The Morgan fingerprint density at radius 3 is 0.584 bits per heavy atom. The molecule has 0 aromatic rings. The minimum atomic E-state index is -4.96. The lowest BCUT2D eigenvalue weighted by molar-refractivity contribution is -0.161. The molecule has 0 radical (unpaired) electrons. The predicted molar refractivity (Wildman–Crippen MR) is 414 cm³/mol. The Kier molecular flexibility index (Phi) is 74.8. The van der Waals surface area contributed by atoms with Crippen LogP contribution in [0.5, 0.6) is 0 Å². The minimum Gasteiger partial charge on any atom is -0.462 e. The van der Waals surface area contributed by atoms with Gasteiger partial charge in [0.05, 0.1) is 26.4 Å². The summed E-state index contributed by atoms with van der Waals surface area (Å²) in [7, 11) is -9.92. The quantitative estimate of drug-likeness (QED) is 0.0222. The molecule has 0 spiro atoms. The van der Waals surface area contributed by atoms with Gasteiger partial charge < -0.3 is 33.8 Å². The molecule has 3 N–H and O–H groups in total. The van der Waals surface area contributed by atoms with Crippen LogP contribution in [0.25, 0.3) is 0 Å². The average molecular weight is 1480 g/mol. The maximum absolute atomic E-state index is 13.1. The van der Waals surface area contributed by atoms with Crippen LogP contribution in [0.2, 0.25) is 0 Å². The van der Waals surface area contributed by atoms with E-state index in [1.807, 2.05) is 0 Å². The lowest BCUT2D eigenvalue weighted by Crippen LogP contribution is -2.30. The molecule has 0 saturated heterocycles. The van der Waals surface area contributed by atoms with Crippen molar-refractivity contribution in [3.8, 4) is 0 Å². The minimum absolute atomic E-state index is 0.109. The molecule has 0 rings (SSSR count). The third-order valence-electron chi connectivity index (χ3n) is 19.4. The molecule has 0 saturated carbocycles. The van der Waals surface area contributed by atoms with Crippen LogP contribution in [-0.4, -0.2) is 96.7 Å². The van der Waals surface area contributed by atoms with Gasteiger partial charge in [-0.15, -0.1) is 0 Å². The zero-order chi connectivity index (χ0) is 73.9. The van der Waals surface area contributed by atoms with E-state index in [0.29, 0.717) is 25.7 Å². The van der Waals surface area contributed by atoms with Crippen LogP contribution in [0.3, 0.4) is 0 Å². The van der Waals surface area contributed by atoms with Crippen molar-refractivity contribution in [2.24, 2.45) is 0 Å². The standard InChI is InChI=1S/C82H160O17P2/c1-5-9-13-17-21-25-29-33-36-37-38-39-40-41-42-45-49-53-57-61-65-69-82(87)99-78(73-93-80(85)67-63-59-55-51-47-43-34-30-26-22-18-14-10-6-2)75-97-101(90,91)95-71-76(83)70-94-100(88,89)96-74-77(72-92-79(84)66-62-58-54-50-46-32-28-24-20-16-12-8-4)98-81(86)68-64-60-56-52-48-44-35-31-27-23-19-15-11-7-3/h76-78,83H,5-75H2,1-4H3,(H,88,89)(H,90,91)/t76-,77+,78+/m0/s1. The Morgan fingerprint density at radius 1 is 0.238 bits per heavy atom. The Hall–Kier alpha value is -1.94.